The van der Waals surface area contributed by atoms with Crippen molar-refractivity contribution in [1.82, 2.24) is 15.2 Å². The second-order valence-corrected chi connectivity index (χ2v) is 8.34. The minimum absolute atomic E-state index is 0.189. The number of carbonyl (C=O) groups is 1. The highest BCUT2D eigenvalue weighted by Crippen LogP contribution is 2.33. The molecule has 0 atom stereocenters. The van der Waals surface area contributed by atoms with Gasteiger partial charge in [0.15, 0.2) is 4.34 Å². The molecule has 5 nitrogen and oxygen atoms in total. The summed E-state index contributed by atoms with van der Waals surface area (Å²) in [5.74, 6) is -0.189. The van der Waals surface area contributed by atoms with Crippen LogP contribution in [0.2, 0.25) is 0 Å². The van der Waals surface area contributed by atoms with E-state index in [2.05, 4.69) is 33.5 Å². The Hall–Kier alpha value is -2.77. The van der Waals surface area contributed by atoms with E-state index in [4.69, 9.17) is 0 Å². The molecule has 0 spiro atoms. The molecule has 0 saturated carbocycles. The quantitative estimate of drug-likeness (QED) is 0.489. The topological polar surface area (TPSA) is 67.8 Å². The first kappa shape index (κ1) is 17.6. The lowest BCUT2D eigenvalue weighted by atomic mass is 10.1. The van der Waals surface area contributed by atoms with E-state index in [0.29, 0.717) is 10.7 Å². The van der Waals surface area contributed by atoms with Crippen LogP contribution in [-0.2, 0) is 0 Å². The summed E-state index contributed by atoms with van der Waals surface area (Å²) >= 11 is 2.78. The van der Waals surface area contributed by atoms with Crippen LogP contribution in [0.15, 0.2) is 64.0 Å². The van der Waals surface area contributed by atoms with Gasteiger partial charge in [0.2, 0.25) is 5.13 Å². The third-order valence-corrected chi connectivity index (χ3v) is 5.81. The van der Waals surface area contributed by atoms with Gasteiger partial charge in [-0.15, -0.1) is 10.2 Å². The average Bonchev–Trinajstić information content (AvgIpc) is 3.08. The van der Waals surface area contributed by atoms with E-state index in [9.17, 15) is 4.79 Å². The monoisotopic (exact) mass is 392 g/mol. The molecule has 0 fully saturated rings. The van der Waals surface area contributed by atoms with Gasteiger partial charge in [-0.3, -0.25) is 10.1 Å². The summed E-state index contributed by atoms with van der Waals surface area (Å²) in [7, 11) is 0. The third kappa shape index (κ3) is 3.99. The van der Waals surface area contributed by atoms with Crippen LogP contribution in [0, 0.1) is 13.8 Å². The number of benzene rings is 2. The molecular formula is C20H16N4OS2. The second-order valence-electron chi connectivity index (χ2n) is 6.09. The number of hydrogen-bond acceptors (Lipinski definition) is 6. The third-order valence-electron chi connectivity index (χ3n) is 4.00. The van der Waals surface area contributed by atoms with Gasteiger partial charge in [-0.25, -0.2) is 4.98 Å². The van der Waals surface area contributed by atoms with Crippen LogP contribution in [0.5, 0.6) is 0 Å². The van der Waals surface area contributed by atoms with Gasteiger partial charge in [-0.1, -0.05) is 47.2 Å². The first-order valence-corrected chi connectivity index (χ1v) is 9.97. The normalized spacial score (nSPS) is 10.9. The summed E-state index contributed by atoms with van der Waals surface area (Å²) in [6, 6.07) is 17.5. The van der Waals surface area contributed by atoms with Crippen LogP contribution in [0.3, 0.4) is 0 Å². The fourth-order valence-electron chi connectivity index (χ4n) is 2.72. The molecule has 4 aromatic rings. The molecule has 0 aliphatic heterocycles. The first-order chi connectivity index (χ1) is 13.1. The standard InChI is InChI=1S/C20H16N4OS2/c1-12-6-5-7-14(10-12)18(25)22-19-23-24-20(27-19)26-17-11-13(2)15-8-3-4-9-16(15)21-17/h3-11H,1-2H3,(H,22,23,25). The molecule has 2 aromatic heterocycles. The number of nitrogens with zero attached hydrogens (tertiary/aromatic N) is 3. The lowest BCUT2D eigenvalue weighted by Gasteiger charge is -2.04. The smallest absolute Gasteiger partial charge is 0.257 e. The van der Waals surface area contributed by atoms with Crippen molar-refractivity contribution in [2.24, 2.45) is 0 Å². The fraction of sp³-hybridized carbons (Fsp3) is 0.100. The number of rotatable bonds is 4. The van der Waals surface area contributed by atoms with Crippen LogP contribution in [-0.4, -0.2) is 21.1 Å². The molecule has 1 N–H and O–H groups in total. The Labute approximate surface area is 164 Å². The van der Waals surface area contributed by atoms with Gasteiger partial charge in [-0.05, 0) is 55.4 Å². The molecule has 1 amide bonds. The van der Waals surface area contributed by atoms with E-state index in [1.165, 1.54) is 28.7 Å². The molecule has 0 unspecified atom stereocenters. The van der Waals surface area contributed by atoms with Gasteiger partial charge in [0, 0.05) is 10.9 Å². The van der Waals surface area contributed by atoms with Gasteiger partial charge in [-0.2, -0.15) is 0 Å². The molecule has 134 valence electrons. The SMILES string of the molecule is Cc1cccc(C(=O)Nc2nnc(Sc3cc(C)c4ccccc4n3)s2)c1. The Kier molecular flexibility index (Phi) is 4.87. The van der Waals surface area contributed by atoms with Crippen molar-refractivity contribution in [2.45, 2.75) is 23.2 Å². The van der Waals surface area contributed by atoms with Gasteiger partial charge in [0.05, 0.1) is 5.52 Å². The van der Waals surface area contributed by atoms with E-state index in [-0.39, 0.29) is 5.91 Å². The fourth-order valence-corrected chi connectivity index (χ4v) is 4.49. The van der Waals surface area contributed by atoms with Crippen molar-refractivity contribution >= 4 is 45.0 Å². The van der Waals surface area contributed by atoms with Crippen molar-refractivity contribution in [3.05, 3.63) is 71.3 Å². The minimum atomic E-state index is -0.189. The van der Waals surface area contributed by atoms with Crippen LogP contribution in [0.1, 0.15) is 21.5 Å². The number of carbonyl (C=O) groups excluding carboxylic acids is 1. The zero-order valence-corrected chi connectivity index (χ0v) is 16.4. The van der Waals surface area contributed by atoms with Gasteiger partial charge in [0.25, 0.3) is 5.91 Å². The number of aromatic nitrogens is 3. The maximum Gasteiger partial charge on any atom is 0.257 e. The Morgan fingerprint density at radius 1 is 1.04 bits per heavy atom. The number of nitrogens with one attached hydrogen (secondary N) is 1. The van der Waals surface area contributed by atoms with Crippen molar-refractivity contribution in [2.75, 3.05) is 5.32 Å². The molecule has 2 aromatic carbocycles. The minimum Gasteiger partial charge on any atom is -0.296 e. The summed E-state index contributed by atoms with van der Waals surface area (Å²) in [4.78, 5) is 17.0. The zero-order chi connectivity index (χ0) is 18.8. The molecule has 27 heavy (non-hydrogen) atoms. The van der Waals surface area contributed by atoms with E-state index < -0.39 is 0 Å². The summed E-state index contributed by atoms with van der Waals surface area (Å²) in [6.07, 6.45) is 0. The summed E-state index contributed by atoms with van der Waals surface area (Å²) in [5.41, 5.74) is 3.76. The number of para-hydroxylation sites is 1. The molecule has 0 bridgehead atoms. The molecule has 2 heterocycles. The van der Waals surface area contributed by atoms with E-state index in [0.717, 1.165) is 25.8 Å². The molecule has 0 aliphatic rings. The Morgan fingerprint density at radius 3 is 2.74 bits per heavy atom. The van der Waals surface area contributed by atoms with E-state index in [1.807, 2.05) is 49.4 Å². The van der Waals surface area contributed by atoms with E-state index in [1.54, 1.807) is 6.07 Å². The second kappa shape index (κ2) is 7.46. The highest BCUT2D eigenvalue weighted by Gasteiger charge is 2.12. The summed E-state index contributed by atoms with van der Waals surface area (Å²) in [5, 5.41) is 13.5. The highest BCUT2D eigenvalue weighted by atomic mass is 32.2. The van der Waals surface area contributed by atoms with Crippen LogP contribution in [0.25, 0.3) is 10.9 Å². The number of pyridine rings is 1. The molecule has 4 rings (SSSR count). The van der Waals surface area contributed by atoms with E-state index >= 15 is 0 Å². The van der Waals surface area contributed by atoms with Gasteiger partial charge < -0.3 is 0 Å². The maximum absolute atomic E-state index is 12.3. The average molecular weight is 393 g/mol. The number of anilines is 1. The Morgan fingerprint density at radius 2 is 1.89 bits per heavy atom. The summed E-state index contributed by atoms with van der Waals surface area (Å²) < 4.78 is 0.733. The molecular weight excluding hydrogens is 376 g/mol. The number of aryl methyl sites for hydroxylation is 2. The lowest BCUT2D eigenvalue weighted by molar-refractivity contribution is 0.102. The molecule has 0 saturated heterocycles. The van der Waals surface area contributed by atoms with Crippen molar-refractivity contribution in [1.29, 1.82) is 0 Å². The van der Waals surface area contributed by atoms with Crippen molar-refractivity contribution in [3.63, 3.8) is 0 Å². The highest BCUT2D eigenvalue weighted by molar-refractivity contribution is 8.01. The lowest BCUT2D eigenvalue weighted by Crippen LogP contribution is -2.11. The van der Waals surface area contributed by atoms with Crippen LogP contribution in [0.4, 0.5) is 5.13 Å². The van der Waals surface area contributed by atoms with Crippen LogP contribution < -0.4 is 5.32 Å². The predicted octanol–water partition coefficient (Wildman–Crippen LogP) is 5.11. The maximum atomic E-state index is 12.3. The van der Waals surface area contributed by atoms with Crippen LogP contribution >= 0.6 is 23.1 Å². The Bertz CT molecular complexity index is 1140. The number of hydrogen-bond donors (Lipinski definition) is 1. The van der Waals surface area contributed by atoms with Gasteiger partial charge >= 0.3 is 0 Å². The Balaban J connectivity index is 1.51. The predicted molar refractivity (Wildman–Crippen MR) is 110 cm³/mol. The molecule has 7 heteroatoms. The van der Waals surface area contributed by atoms with Gasteiger partial charge in [0.1, 0.15) is 5.03 Å². The number of amides is 1. The molecule has 0 aliphatic carbocycles. The largest absolute Gasteiger partial charge is 0.296 e. The van der Waals surface area contributed by atoms with Crippen molar-refractivity contribution in [3.8, 4) is 0 Å². The van der Waals surface area contributed by atoms with Crippen molar-refractivity contribution < 1.29 is 4.79 Å². The summed E-state index contributed by atoms with van der Waals surface area (Å²) in [6.45, 7) is 4.02. The zero-order valence-electron chi connectivity index (χ0n) is 14.8. The molecule has 0 radical (unpaired) electrons. The first-order valence-electron chi connectivity index (χ1n) is 8.34. The number of fused-ring (bicyclic) bond motifs is 1.